The van der Waals surface area contributed by atoms with E-state index in [1.807, 2.05) is 13.0 Å². The van der Waals surface area contributed by atoms with Gasteiger partial charge < -0.3 is 4.74 Å². The smallest absolute Gasteiger partial charge is 0.156 e. The van der Waals surface area contributed by atoms with Crippen molar-refractivity contribution in [3.8, 4) is 0 Å². The van der Waals surface area contributed by atoms with Gasteiger partial charge in [-0.2, -0.15) is 0 Å². The summed E-state index contributed by atoms with van der Waals surface area (Å²) >= 11 is 7.68. The number of hydrogen-bond donors (Lipinski definition) is 0. The van der Waals surface area contributed by atoms with Gasteiger partial charge in [0.05, 0.1) is 0 Å². The zero-order chi connectivity index (χ0) is 14.4. The molecule has 1 aromatic carbocycles. The van der Waals surface area contributed by atoms with Gasteiger partial charge in [0, 0.05) is 18.4 Å². The maximum absolute atomic E-state index is 6.02. The molecule has 2 rings (SSSR count). The Balaban J connectivity index is 2.05. The van der Waals surface area contributed by atoms with Gasteiger partial charge in [-0.3, -0.25) is 0 Å². The zero-order valence-corrected chi connectivity index (χ0v) is 13.2. The second-order valence-corrected chi connectivity index (χ2v) is 5.68. The molecule has 0 spiro atoms. The highest BCUT2D eigenvalue weighted by Gasteiger charge is 2.05. The Hall–Kier alpha value is -1.10. The van der Waals surface area contributed by atoms with Crippen LogP contribution in [0.1, 0.15) is 23.9 Å². The molecule has 0 radical (unpaired) electrons. The number of hydrogen-bond acceptors (Lipinski definition) is 4. The molecule has 20 heavy (non-hydrogen) atoms. The summed E-state index contributed by atoms with van der Waals surface area (Å²) in [5, 5.41) is 1.34. The van der Waals surface area contributed by atoms with Crippen molar-refractivity contribution in [2.24, 2.45) is 0 Å². The van der Waals surface area contributed by atoms with Crippen LogP contribution in [0.2, 0.25) is 5.15 Å². The minimum absolute atomic E-state index is 0.398. The molecule has 0 aliphatic rings. The molecule has 0 atom stereocenters. The Morgan fingerprint density at radius 2 is 2.05 bits per heavy atom. The lowest BCUT2D eigenvalue weighted by Gasteiger charge is -2.07. The third-order valence-electron chi connectivity index (χ3n) is 2.79. The molecular formula is C15H17ClN2OS. The predicted octanol–water partition coefficient (Wildman–Crippen LogP) is 4.27. The van der Waals surface area contributed by atoms with E-state index in [2.05, 4.69) is 35.1 Å². The van der Waals surface area contributed by atoms with E-state index in [4.69, 9.17) is 16.3 Å². The number of rotatable bonds is 6. The van der Waals surface area contributed by atoms with Gasteiger partial charge in [-0.1, -0.05) is 35.9 Å². The van der Waals surface area contributed by atoms with E-state index in [9.17, 15) is 0 Å². The molecule has 0 N–H and O–H groups in total. The topological polar surface area (TPSA) is 35.0 Å². The van der Waals surface area contributed by atoms with Crippen LogP contribution in [0.4, 0.5) is 0 Å². The van der Waals surface area contributed by atoms with Crippen molar-refractivity contribution in [1.29, 1.82) is 0 Å². The lowest BCUT2D eigenvalue weighted by molar-refractivity contribution is 0.128. The molecule has 106 valence electrons. The Kier molecular flexibility index (Phi) is 5.83. The van der Waals surface area contributed by atoms with Gasteiger partial charge in [0.25, 0.3) is 0 Å². The average molecular weight is 309 g/mol. The molecule has 0 unspecified atom stereocenters. The number of nitrogens with zero attached hydrogens (tertiary/aromatic N) is 2. The van der Waals surface area contributed by atoms with Crippen molar-refractivity contribution < 1.29 is 4.74 Å². The Bertz CT molecular complexity index is 578. The van der Waals surface area contributed by atoms with Gasteiger partial charge in [0.2, 0.25) is 0 Å². The maximum atomic E-state index is 6.02. The van der Waals surface area contributed by atoms with Crippen molar-refractivity contribution in [3.63, 3.8) is 0 Å². The summed E-state index contributed by atoms with van der Waals surface area (Å²) in [5.74, 6) is 1.50. The normalized spacial score (nSPS) is 10.8. The first kappa shape index (κ1) is 15.3. The molecular weight excluding hydrogens is 292 g/mol. The van der Waals surface area contributed by atoms with Crippen molar-refractivity contribution in [2.45, 2.75) is 31.2 Å². The summed E-state index contributed by atoms with van der Waals surface area (Å²) in [7, 11) is 0. The highest BCUT2D eigenvalue weighted by molar-refractivity contribution is 7.98. The van der Waals surface area contributed by atoms with E-state index < -0.39 is 0 Å². The molecule has 0 amide bonds. The molecule has 0 saturated heterocycles. The number of halogens is 1. The summed E-state index contributed by atoms with van der Waals surface area (Å²) in [6.45, 7) is 5.10. The first-order valence-corrected chi connectivity index (χ1v) is 7.84. The van der Waals surface area contributed by atoms with E-state index >= 15 is 0 Å². The molecule has 0 aliphatic heterocycles. The molecule has 2 aromatic rings. The van der Waals surface area contributed by atoms with E-state index in [1.165, 1.54) is 11.1 Å². The van der Waals surface area contributed by atoms with Crippen LogP contribution in [-0.2, 0) is 17.1 Å². The summed E-state index contributed by atoms with van der Waals surface area (Å²) in [4.78, 5) is 8.62. The molecule has 5 heteroatoms. The minimum Gasteiger partial charge on any atom is -0.374 e. The van der Waals surface area contributed by atoms with E-state index in [-0.39, 0.29) is 0 Å². The summed E-state index contributed by atoms with van der Waals surface area (Å²) in [5.41, 5.74) is 2.59. The number of aromatic nitrogens is 2. The highest BCUT2D eigenvalue weighted by Crippen LogP contribution is 2.24. The molecule has 1 heterocycles. The largest absolute Gasteiger partial charge is 0.374 e. The quantitative estimate of drug-likeness (QED) is 0.590. The summed E-state index contributed by atoms with van der Waals surface area (Å²) in [6, 6.07) is 10.1. The third-order valence-corrected chi connectivity index (χ3v) is 3.94. The maximum Gasteiger partial charge on any atom is 0.156 e. The molecule has 0 bridgehead atoms. The van der Waals surface area contributed by atoms with Crippen LogP contribution in [0.5, 0.6) is 0 Å². The van der Waals surface area contributed by atoms with Crippen LogP contribution in [-0.4, -0.2) is 16.6 Å². The number of thioether (sulfide) groups is 1. The number of benzene rings is 1. The SMILES string of the molecule is CCOCc1nc(Cl)cc(SCc2ccccc2C)n1. The Morgan fingerprint density at radius 1 is 1.25 bits per heavy atom. The van der Waals surface area contributed by atoms with E-state index in [1.54, 1.807) is 17.8 Å². The molecule has 0 fully saturated rings. The number of aryl methyl sites for hydroxylation is 1. The van der Waals surface area contributed by atoms with Gasteiger partial charge in [0.1, 0.15) is 16.8 Å². The molecule has 0 aliphatic carbocycles. The fourth-order valence-electron chi connectivity index (χ4n) is 1.70. The van der Waals surface area contributed by atoms with E-state index in [0.29, 0.717) is 24.2 Å². The molecule has 1 aromatic heterocycles. The first-order valence-electron chi connectivity index (χ1n) is 6.47. The third kappa shape index (κ3) is 4.47. The van der Waals surface area contributed by atoms with Crippen LogP contribution in [0, 0.1) is 6.92 Å². The van der Waals surface area contributed by atoms with Gasteiger partial charge in [-0.05, 0) is 25.0 Å². The molecule has 0 saturated carbocycles. The fourth-order valence-corrected chi connectivity index (χ4v) is 2.96. The van der Waals surface area contributed by atoms with Crippen molar-refractivity contribution in [3.05, 3.63) is 52.4 Å². The predicted molar refractivity (Wildman–Crippen MR) is 83.1 cm³/mol. The van der Waals surface area contributed by atoms with Crippen LogP contribution in [0.15, 0.2) is 35.4 Å². The summed E-state index contributed by atoms with van der Waals surface area (Å²) in [6.07, 6.45) is 0. The lowest BCUT2D eigenvalue weighted by Crippen LogP contribution is -2.00. The van der Waals surface area contributed by atoms with Gasteiger partial charge >= 0.3 is 0 Å². The van der Waals surface area contributed by atoms with Crippen LogP contribution < -0.4 is 0 Å². The van der Waals surface area contributed by atoms with Gasteiger partial charge in [-0.25, -0.2) is 9.97 Å². The van der Waals surface area contributed by atoms with Crippen LogP contribution in [0.25, 0.3) is 0 Å². The minimum atomic E-state index is 0.398. The Labute approximate surface area is 128 Å². The van der Waals surface area contributed by atoms with Crippen molar-refractivity contribution >= 4 is 23.4 Å². The van der Waals surface area contributed by atoms with E-state index in [0.717, 1.165) is 10.8 Å². The fraction of sp³-hybridized carbons (Fsp3) is 0.333. The standard InChI is InChI=1S/C15H17ClN2OS/c1-3-19-9-14-17-13(16)8-15(18-14)20-10-12-7-5-4-6-11(12)2/h4-8H,3,9-10H2,1-2H3. The monoisotopic (exact) mass is 308 g/mol. The highest BCUT2D eigenvalue weighted by atomic mass is 35.5. The van der Waals surface area contributed by atoms with Gasteiger partial charge in [-0.15, -0.1) is 11.8 Å². The number of ether oxygens (including phenoxy) is 1. The van der Waals surface area contributed by atoms with Gasteiger partial charge in [0.15, 0.2) is 5.82 Å². The second-order valence-electron chi connectivity index (χ2n) is 4.30. The van der Waals surface area contributed by atoms with Crippen molar-refractivity contribution in [2.75, 3.05) is 6.61 Å². The average Bonchev–Trinajstić information content (AvgIpc) is 2.44. The zero-order valence-electron chi connectivity index (χ0n) is 11.6. The lowest BCUT2D eigenvalue weighted by atomic mass is 10.1. The first-order chi connectivity index (χ1) is 9.69. The van der Waals surface area contributed by atoms with Crippen LogP contribution >= 0.6 is 23.4 Å². The molecule has 3 nitrogen and oxygen atoms in total. The van der Waals surface area contributed by atoms with Crippen LogP contribution in [0.3, 0.4) is 0 Å². The second kappa shape index (κ2) is 7.62. The van der Waals surface area contributed by atoms with Crippen molar-refractivity contribution in [1.82, 2.24) is 9.97 Å². The summed E-state index contributed by atoms with van der Waals surface area (Å²) < 4.78 is 5.32. The Morgan fingerprint density at radius 3 is 2.80 bits per heavy atom.